The van der Waals surface area contributed by atoms with Gasteiger partial charge in [-0.3, -0.25) is 0 Å². The SMILES string of the molecule is N#Cc1cc2c(c3c1C1CC4CC(C1)CC3C4)c1c(-c3c4c(cc5oc6ccccc6c35)oc3ccccc34)cc(-c3c4c(cc5oc6ccccc6c35)oc3ccccc34)c3c4c5c(c(C#N)cc4n2c13)C1CC2CC3CC5CC23C1. The van der Waals surface area contributed by atoms with Crippen LogP contribution in [0.15, 0.2) is 145 Å². The lowest BCUT2D eigenvalue weighted by Crippen LogP contribution is -2.41. The maximum Gasteiger partial charge on any atom is 0.139 e. The van der Waals surface area contributed by atoms with Gasteiger partial charge >= 0.3 is 0 Å². The monoisotopic (exact) mass is 1060 g/mol. The van der Waals surface area contributed by atoms with Crippen LogP contribution in [0.2, 0.25) is 0 Å². The summed E-state index contributed by atoms with van der Waals surface area (Å²) in [5, 5.41) is 37.0. The Balaban J connectivity index is 1.06. The molecule has 15 aromatic rings. The summed E-state index contributed by atoms with van der Waals surface area (Å²) in [5.74, 6) is 4.09. The Morgan fingerprint density at radius 1 is 0.378 bits per heavy atom. The van der Waals surface area contributed by atoms with Crippen LogP contribution in [0.4, 0.5) is 0 Å². The molecule has 0 amide bonds. The van der Waals surface area contributed by atoms with Crippen LogP contribution in [0.3, 0.4) is 0 Å². The standard InChI is InChI=1S/C75H49N3O4/c76-32-40-24-50-72(62-37-20-34-17-35(21-37)19-36(18-34)60(40)62)70-48(68-64-44-9-1-5-13-52(44)79-56(64)28-57-65(68)45-10-2-6-14-53(45)80-57)27-49(69-66-46-11-3-7-15-54(46)81-58(66)29-59-67(69)47-12-4-8-16-55(47)82-59)71-73-51(78(50)74(70)71)25-41(33-77)61-38-22-42-26-43-23-39(63(61)73)31-75(42,43)30-38/h1-16,24-25,27-29,34-39,42-43H,17-23,26,30-31H2. The van der Waals surface area contributed by atoms with Crippen molar-refractivity contribution in [1.29, 1.82) is 10.5 Å². The quantitative estimate of drug-likeness (QED) is 0.171. The molecular formula is C75H49N3O4. The molecule has 0 N–H and O–H groups in total. The summed E-state index contributed by atoms with van der Waals surface area (Å²) in [7, 11) is 0. The number of para-hydroxylation sites is 4. The van der Waals surface area contributed by atoms with Crippen LogP contribution in [-0.2, 0) is 0 Å². The number of fused-ring (bicyclic) bond motifs is 24. The maximum atomic E-state index is 11.8. The first-order valence-electron chi connectivity index (χ1n) is 30.2. The third-order valence-electron chi connectivity index (χ3n) is 23.4. The van der Waals surface area contributed by atoms with Gasteiger partial charge in [-0.25, -0.2) is 0 Å². The van der Waals surface area contributed by atoms with Gasteiger partial charge in [-0.15, -0.1) is 0 Å². The number of rotatable bonds is 2. The van der Waals surface area contributed by atoms with E-state index >= 15 is 0 Å². The molecule has 7 atom stereocenters. The molecule has 5 saturated carbocycles. The summed E-state index contributed by atoms with van der Waals surface area (Å²) in [5.41, 5.74) is 21.7. The largest absolute Gasteiger partial charge is 0.456 e. The molecule has 8 aliphatic rings. The highest BCUT2D eigenvalue weighted by atomic mass is 16.3. The fourth-order valence-corrected chi connectivity index (χ4v) is 21.0. The van der Waals surface area contributed by atoms with Gasteiger partial charge in [-0.1, -0.05) is 72.8 Å². The van der Waals surface area contributed by atoms with E-state index in [9.17, 15) is 10.5 Å². The smallest absolute Gasteiger partial charge is 0.139 e. The number of furan rings is 4. The molecule has 7 nitrogen and oxygen atoms in total. The van der Waals surface area contributed by atoms with Crippen LogP contribution in [0.25, 0.3) is 148 Å². The first kappa shape index (κ1) is 42.8. The minimum absolute atomic E-state index is 0.317. The Morgan fingerprint density at radius 3 is 1.21 bits per heavy atom. The van der Waals surface area contributed by atoms with Crippen molar-refractivity contribution in [3.8, 4) is 34.4 Å². The third kappa shape index (κ3) is 4.80. The molecule has 5 fully saturated rings. The lowest BCUT2D eigenvalue weighted by atomic mass is 9.56. The lowest BCUT2D eigenvalue weighted by molar-refractivity contribution is 0.00322. The molecule has 0 aliphatic heterocycles. The van der Waals surface area contributed by atoms with E-state index in [1.54, 1.807) is 0 Å². The molecule has 6 heterocycles. The molecule has 1 spiro atoms. The molecule has 7 unspecified atom stereocenters. The molecular weight excluding hydrogens is 1010 g/mol. The first-order valence-corrected chi connectivity index (χ1v) is 30.2. The van der Waals surface area contributed by atoms with Crippen molar-refractivity contribution in [2.24, 2.45) is 29.1 Å². The first-order chi connectivity index (χ1) is 40.5. The van der Waals surface area contributed by atoms with Gasteiger partial charge in [0.25, 0.3) is 0 Å². The third-order valence-corrected chi connectivity index (χ3v) is 23.4. The zero-order valence-corrected chi connectivity index (χ0v) is 44.8. The van der Waals surface area contributed by atoms with Crippen molar-refractivity contribution in [3.05, 3.63) is 161 Å². The van der Waals surface area contributed by atoms with Gasteiger partial charge in [0.15, 0.2) is 0 Å². The van der Waals surface area contributed by atoms with Gasteiger partial charge in [0, 0.05) is 87.9 Å². The number of nitrogens with zero attached hydrogens (tertiary/aromatic N) is 3. The van der Waals surface area contributed by atoms with E-state index in [1.807, 2.05) is 0 Å². The molecule has 7 heteroatoms. The number of hydrogen-bond acceptors (Lipinski definition) is 6. The van der Waals surface area contributed by atoms with Crippen LogP contribution in [0, 0.1) is 51.7 Å². The highest BCUT2D eigenvalue weighted by Gasteiger charge is 2.66. The van der Waals surface area contributed by atoms with Crippen molar-refractivity contribution >= 4 is 126 Å². The zero-order chi connectivity index (χ0) is 52.9. The van der Waals surface area contributed by atoms with E-state index in [4.69, 9.17) is 17.7 Å². The van der Waals surface area contributed by atoms with E-state index in [2.05, 4.69) is 144 Å². The number of nitriles is 2. The van der Waals surface area contributed by atoms with Crippen LogP contribution in [-0.4, -0.2) is 4.40 Å². The predicted molar refractivity (Wildman–Crippen MR) is 324 cm³/mol. The molecule has 7 bridgehead atoms. The van der Waals surface area contributed by atoms with E-state index in [0.29, 0.717) is 40.9 Å². The molecule has 6 aromatic heterocycles. The fraction of sp³-hybridized carbons (Fsp3) is 0.253. The minimum atomic E-state index is 0.317. The van der Waals surface area contributed by atoms with Crippen LogP contribution >= 0.6 is 0 Å². The van der Waals surface area contributed by atoms with E-state index in [-0.39, 0.29) is 0 Å². The normalized spacial score (nSPS) is 25.8. The second-order valence-electron chi connectivity index (χ2n) is 26.7. The van der Waals surface area contributed by atoms with Gasteiger partial charge in [0.05, 0.1) is 39.8 Å². The average Bonchev–Trinajstić information content (AvgIpc) is 2.36. The Morgan fingerprint density at radius 2 is 0.768 bits per heavy atom. The second kappa shape index (κ2) is 14.2. The fourth-order valence-electron chi connectivity index (χ4n) is 21.0. The summed E-state index contributed by atoms with van der Waals surface area (Å²) in [6.45, 7) is 0. The Bertz CT molecular complexity index is 5470. The summed E-state index contributed by atoms with van der Waals surface area (Å²) in [6.07, 6.45) is 11.9. The summed E-state index contributed by atoms with van der Waals surface area (Å²) in [6, 6.07) is 51.5. The molecule has 9 aromatic carbocycles. The zero-order valence-electron chi connectivity index (χ0n) is 44.8. The summed E-state index contributed by atoms with van der Waals surface area (Å²) >= 11 is 0. The van der Waals surface area contributed by atoms with E-state index < -0.39 is 0 Å². The van der Waals surface area contributed by atoms with Crippen LogP contribution < -0.4 is 0 Å². The minimum Gasteiger partial charge on any atom is -0.456 e. The number of benzene rings is 9. The predicted octanol–water partition coefficient (Wildman–Crippen LogP) is 20.3. The van der Waals surface area contributed by atoms with Crippen LogP contribution in [0.1, 0.15) is 121 Å². The van der Waals surface area contributed by atoms with Crippen molar-refractivity contribution in [1.82, 2.24) is 4.40 Å². The Kier molecular flexibility index (Phi) is 7.39. The van der Waals surface area contributed by atoms with Crippen molar-refractivity contribution in [2.75, 3.05) is 0 Å². The topological polar surface area (TPSA) is 105 Å². The van der Waals surface area contributed by atoms with Gasteiger partial charge in [0.1, 0.15) is 44.7 Å². The summed E-state index contributed by atoms with van der Waals surface area (Å²) < 4.78 is 30.7. The van der Waals surface area contributed by atoms with E-state index in [0.717, 1.165) is 170 Å². The maximum absolute atomic E-state index is 11.8. The molecule has 0 radical (unpaired) electrons. The molecule has 8 aliphatic carbocycles. The Labute approximate surface area is 468 Å². The number of aromatic nitrogens is 1. The molecule has 82 heavy (non-hydrogen) atoms. The molecule has 388 valence electrons. The Hall–Kier alpha value is -9.04. The van der Waals surface area contributed by atoms with Gasteiger partial charge in [0.2, 0.25) is 0 Å². The van der Waals surface area contributed by atoms with Gasteiger partial charge in [-0.05, 0) is 193 Å². The van der Waals surface area contributed by atoms with Crippen molar-refractivity contribution in [3.63, 3.8) is 0 Å². The highest BCUT2D eigenvalue weighted by Crippen LogP contribution is 2.77. The van der Waals surface area contributed by atoms with Gasteiger partial charge in [-0.2, -0.15) is 10.5 Å². The van der Waals surface area contributed by atoms with Gasteiger partial charge < -0.3 is 22.1 Å². The van der Waals surface area contributed by atoms with Crippen molar-refractivity contribution in [2.45, 2.75) is 87.9 Å². The molecule has 0 saturated heterocycles. The lowest BCUT2D eigenvalue weighted by Gasteiger charge is -2.48. The van der Waals surface area contributed by atoms with E-state index in [1.165, 1.54) is 87.8 Å². The molecule has 23 rings (SSSR count). The second-order valence-corrected chi connectivity index (χ2v) is 26.7. The summed E-state index contributed by atoms with van der Waals surface area (Å²) in [4.78, 5) is 0. The van der Waals surface area contributed by atoms with Crippen molar-refractivity contribution < 1.29 is 17.7 Å². The number of hydrogen-bond donors (Lipinski definition) is 0. The van der Waals surface area contributed by atoms with Crippen LogP contribution in [0.5, 0.6) is 0 Å². The highest BCUT2D eigenvalue weighted by molar-refractivity contribution is 6.38. The average molecular weight is 1060 g/mol.